The van der Waals surface area contributed by atoms with Gasteiger partial charge in [0.15, 0.2) is 0 Å². The van der Waals surface area contributed by atoms with Gasteiger partial charge in [0.2, 0.25) is 0 Å². The van der Waals surface area contributed by atoms with Gasteiger partial charge in [0.25, 0.3) is 5.91 Å². The lowest BCUT2D eigenvalue weighted by Crippen LogP contribution is -2.50. The van der Waals surface area contributed by atoms with E-state index in [0.717, 1.165) is 48.2 Å². The first-order chi connectivity index (χ1) is 16.9. The molecule has 3 aromatic rings. The van der Waals surface area contributed by atoms with E-state index >= 15 is 0 Å². The number of anilines is 1. The molecule has 7 heteroatoms. The fourth-order valence-corrected chi connectivity index (χ4v) is 5.45. The van der Waals surface area contributed by atoms with Crippen molar-refractivity contribution in [1.29, 1.82) is 5.26 Å². The van der Waals surface area contributed by atoms with Crippen LogP contribution in [0.15, 0.2) is 54.7 Å². The summed E-state index contributed by atoms with van der Waals surface area (Å²) in [7, 11) is 3.85. The van der Waals surface area contributed by atoms with Gasteiger partial charge in [-0.1, -0.05) is 12.1 Å². The highest BCUT2D eigenvalue weighted by Gasteiger charge is 2.42. The molecule has 2 fully saturated rings. The van der Waals surface area contributed by atoms with Crippen LogP contribution in [0.2, 0.25) is 0 Å². The molecule has 3 heterocycles. The van der Waals surface area contributed by atoms with E-state index in [2.05, 4.69) is 4.98 Å². The minimum Gasteiger partial charge on any atom is -0.363 e. The Balaban J connectivity index is 1.59. The van der Waals surface area contributed by atoms with Crippen LogP contribution < -0.4 is 10.6 Å². The summed E-state index contributed by atoms with van der Waals surface area (Å²) in [5, 5.41) is 9.16. The van der Waals surface area contributed by atoms with Crippen molar-refractivity contribution >= 4 is 11.7 Å². The maximum atomic E-state index is 14.6. The number of rotatable bonds is 4. The zero-order valence-corrected chi connectivity index (χ0v) is 19.9. The third-order valence-corrected chi connectivity index (χ3v) is 7.19. The molecule has 1 aromatic heterocycles. The third kappa shape index (κ3) is 4.26. The summed E-state index contributed by atoms with van der Waals surface area (Å²) in [4.78, 5) is 22.1. The van der Waals surface area contributed by atoms with E-state index in [0.29, 0.717) is 11.1 Å². The predicted molar refractivity (Wildman–Crippen MR) is 134 cm³/mol. The highest BCUT2D eigenvalue weighted by atomic mass is 19.1. The summed E-state index contributed by atoms with van der Waals surface area (Å²) in [5.41, 5.74) is 9.78. The number of aromatic nitrogens is 1. The first-order valence-electron chi connectivity index (χ1n) is 11.9. The second kappa shape index (κ2) is 9.12. The third-order valence-electron chi connectivity index (χ3n) is 7.19. The monoisotopic (exact) mass is 469 g/mol. The zero-order chi connectivity index (χ0) is 24.7. The topological polar surface area (TPSA) is 86.3 Å². The first kappa shape index (κ1) is 23.0. The highest BCUT2D eigenvalue weighted by molar-refractivity contribution is 5.98. The van der Waals surface area contributed by atoms with Crippen molar-refractivity contribution in [2.75, 3.05) is 19.0 Å². The van der Waals surface area contributed by atoms with Crippen molar-refractivity contribution in [3.8, 4) is 28.3 Å². The number of nitriles is 1. The molecule has 1 amide bonds. The Bertz CT molecular complexity index is 1300. The SMILES string of the molecule is CN(C)c1ccc(-c2ccc(C(=O)N3C4CCC3CC(N)C4)cc2-c2ccc(C#N)c(F)c2)cn1. The van der Waals surface area contributed by atoms with Gasteiger partial charge in [-0.15, -0.1) is 0 Å². The van der Waals surface area contributed by atoms with Gasteiger partial charge < -0.3 is 15.5 Å². The van der Waals surface area contributed by atoms with Gasteiger partial charge >= 0.3 is 0 Å². The fraction of sp³-hybridized carbons (Fsp3) is 0.321. The van der Waals surface area contributed by atoms with Crippen molar-refractivity contribution in [3.63, 3.8) is 0 Å². The molecule has 0 aliphatic carbocycles. The number of pyridine rings is 1. The lowest BCUT2D eigenvalue weighted by molar-refractivity contribution is 0.0575. The molecule has 2 unspecified atom stereocenters. The Morgan fingerprint density at radius 3 is 2.37 bits per heavy atom. The van der Waals surface area contributed by atoms with Crippen LogP contribution in [-0.2, 0) is 0 Å². The number of fused-ring (bicyclic) bond motifs is 2. The molecule has 2 saturated heterocycles. The molecule has 5 rings (SSSR count). The Kier molecular flexibility index (Phi) is 6.00. The molecule has 35 heavy (non-hydrogen) atoms. The lowest BCUT2D eigenvalue weighted by atomic mass is 9.91. The first-order valence-corrected chi connectivity index (χ1v) is 11.9. The standard InChI is InChI=1S/C28H28FN5O/c1-33(2)27-10-6-20(16-32-27)24-9-5-18(11-25(24)17-3-4-19(15-30)26(29)12-17)28(35)34-22-7-8-23(34)14-21(31)13-22/h3-6,9-12,16,21-23H,7-8,13-14,31H2,1-2H3. The summed E-state index contributed by atoms with van der Waals surface area (Å²) < 4.78 is 14.6. The summed E-state index contributed by atoms with van der Waals surface area (Å²) in [6.45, 7) is 0. The zero-order valence-electron chi connectivity index (χ0n) is 19.9. The number of benzene rings is 2. The summed E-state index contributed by atoms with van der Waals surface area (Å²) in [6.07, 6.45) is 5.41. The molecule has 2 aliphatic heterocycles. The van der Waals surface area contributed by atoms with Crippen molar-refractivity contribution in [2.45, 2.75) is 43.8 Å². The van der Waals surface area contributed by atoms with Crippen LogP contribution in [0.4, 0.5) is 10.2 Å². The number of hydrogen-bond donors (Lipinski definition) is 1. The molecule has 0 radical (unpaired) electrons. The van der Waals surface area contributed by atoms with E-state index in [-0.39, 0.29) is 29.6 Å². The number of hydrogen-bond acceptors (Lipinski definition) is 5. The van der Waals surface area contributed by atoms with Crippen LogP contribution in [0.1, 0.15) is 41.6 Å². The number of carbonyl (C=O) groups is 1. The number of amides is 1. The van der Waals surface area contributed by atoms with Crippen LogP contribution in [0.3, 0.4) is 0 Å². The number of nitrogens with zero attached hydrogens (tertiary/aromatic N) is 4. The van der Waals surface area contributed by atoms with E-state index < -0.39 is 5.82 Å². The van der Waals surface area contributed by atoms with E-state index in [9.17, 15) is 9.18 Å². The van der Waals surface area contributed by atoms with Gasteiger partial charge in [-0.2, -0.15) is 5.26 Å². The molecular formula is C28H28FN5O. The smallest absolute Gasteiger partial charge is 0.254 e. The molecule has 2 bridgehead atoms. The molecule has 2 atom stereocenters. The number of carbonyl (C=O) groups excluding carboxylic acids is 1. The van der Waals surface area contributed by atoms with Gasteiger partial charge in [-0.3, -0.25) is 4.79 Å². The van der Waals surface area contributed by atoms with Gasteiger partial charge in [-0.25, -0.2) is 9.37 Å². The van der Waals surface area contributed by atoms with E-state index in [1.807, 2.05) is 60.3 Å². The van der Waals surface area contributed by atoms with Crippen LogP contribution in [0.25, 0.3) is 22.3 Å². The van der Waals surface area contributed by atoms with Crippen molar-refractivity contribution < 1.29 is 9.18 Å². The maximum Gasteiger partial charge on any atom is 0.254 e. The van der Waals surface area contributed by atoms with Crippen LogP contribution in [-0.4, -0.2) is 48.0 Å². The minimum absolute atomic E-state index is 0.00704. The van der Waals surface area contributed by atoms with Crippen molar-refractivity contribution in [1.82, 2.24) is 9.88 Å². The largest absolute Gasteiger partial charge is 0.363 e. The molecule has 0 saturated carbocycles. The van der Waals surface area contributed by atoms with Crippen molar-refractivity contribution in [2.24, 2.45) is 5.73 Å². The van der Waals surface area contributed by atoms with Gasteiger partial charge in [-0.05, 0) is 78.8 Å². The number of nitrogens with two attached hydrogens (primary N) is 1. The van der Waals surface area contributed by atoms with Crippen molar-refractivity contribution in [3.05, 3.63) is 71.7 Å². The van der Waals surface area contributed by atoms with E-state index in [1.54, 1.807) is 12.3 Å². The summed E-state index contributed by atoms with van der Waals surface area (Å²) in [6, 6.07) is 16.4. The Hall–Kier alpha value is -3.76. The Morgan fingerprint density at radius 1 is 1.06 bits per heavy atom. The highest BCUT2D eigenvalue weighted by Crippen LogP contribution is 2.38. The van der Waals surface area contributed by atoms with Gasteiger partial charge in [0.1, 0.15) is 17.7 Å². The fourth-order valence-electron chi connectivity index (χ4n) is 5.45. The van der Waals surface area contributed by atoms with Crippen LogP contribution >= 0.6 is 0 Å². The predicted octanol–water partition coefficient (Wildman–Crippen LogP) is 4.59. The molecule has 178 valence electrons. The average Bonchev–Trinajstić information content (AvgIpc) is 3.13. The number of piperidine rings is 1. The second-order valence-electron chi connectivity index (χ2n) is 9.70. The molecule has 2 aromatic carbocycles. The summed E-state index contributed by atoms with van der Waals surface area (Å²) in [5.74, 6) is 0.231. The summed E-state index contributed by atoms with van der Waals surface area (Å²) >= 11 is 0. The van der Waals surface area contributed by atoms with E-state index in [1.165, 1.54) is 12.1 Å². The molecule has 0 spiro atoms. The minimum atomic E-state index is -0.586. The average molecular weight is 470 g/mol. The molecule has 6 nitrogen and oxygen atoms in total. The van der Waals surface area contributed by atoms with Crippen LogP contribution in [0, 0.1) is 17.1 Å². The molecule has 2 aliphatic rings. The Labute approximate surface area is 204 Å². The lowest BCUT2D eigenvalue weighted by Gasteiger charge is -2.38. The van der Waals surface area contributed by atoms with Gasteiger partial charge in [0.05, 0.1) is 5.56 Å². The molecular weight excluding hydrogens is 441 g/mol. The van der Waals surface area contributed by atoms with Crippen LogP contribution in [0.5, 0.6) is 0 Å². The maximum absolute atomic E-state index is 14.6. The molecule has 2 N–H and O–H groups in total. The normalized spacial score (nSPS) is 21.0. The number of halogens is 1. The van der Waals surface area contributed by atoms with Gasteiger partial charge in [0, 0.05) is 49.5 Å². The second-order valence-corrected chi connectivity index (χ2v) is 9.70. The quantitative estimate of drug-likeness (QED) is 0.604. The van der Waals surface area contributed by atoms with E-state index in [4.69, 9.17) is 11.0 Å². The Morgan fingerprint density at radius 2 is 1.77 bits per heavy atom.